The number of carbonyl (C=O) groups excluding carboxylic acids is 1. The topological polar surface area (TPSA) is 57.2 Å². The van der Waals surface area contributed by atoms with Crippen LogP contribution in [0.25, 0.3) is 0 Å². The second-order valence-electron chi connectivity index (χ2n) is 5.69. The fourth-order valence-corrected chi connectivity index (χ4v) is 4.91. The van der Waals surface area contributed by atoms with Crippen molar-refractivity contribution in [2.45, 2.75) is 5.37 Å². The molecule has 8 heteroatoms. The fourth-order valence-electron chi connectivity index (χ4n) is 3.02. The van der Waals surface area contributed by atoms with E-state index in [-0.39, 0.29) is 18.1 Å². The van der Waals surface area contributed by atoms with Crippen LogP contribution in [0.2, 0.25) is 0 Å². The highest BCUT2D eigenvalue weighted by atomic mass is 79.9. The van der Waals surface area contributed by atoms with Crippen LogP contribution in [0.1, 0.15) is 10.9 Å². The van der Waals surface area contributed by atoms with E-state index in [4.69, 9.17) is 18.9 Å². The summed E-state index contributed by atoms with van der Waals surface area (Å²) in [5, 5.41) is -0.200. The number of anilines is 1. The van der Waals surface area contributed by atoms with E-state index in [9.17, 15) is 4.79 Å². The lowest BCUT2D eigenvalue weighted by atomic mass is 10.1. The highest BCUT2D eigenvalue weighted by Crippen LogP contribution is 2.49. The molecule has 136 valence electrons. The quantitative estimate of drug-likeness (QED) is 0.720. The Kier molecular flexibility index (Phi) is 4.62. The number of thioether (sulfide) groups is 1. The number of nitrogens with zero attached hydrogens (tertiary/aromatic N) is 1. The Morgan fingerprint density at radius 1 is 1.15 bits per heavy atom. The maximum absolute atomic E-state index is 12.7. The molecule has 0 saturated carbocycles. The molecule has 0 N–H and O–H groups in total. The molecule has 26 heavy (non-hydrogen) atoms. The molecule has 0 spiro atoms. The molecule has 1 saturated heterocycles. The molecule has 1 unspecified atom stereocenters. The van der Waals surface area contributed by atoms with Gasteiger partial charge in [0, 0.05) is 16.1 Å². The molecule has 6 nitrogen and oxygen atoms in total. The van der Waals surface area contributed by atoms with Gasteiger partial charge in [-0.25, -0.2) is 0 Å². The van der Waals surface area contributed by atoms with Crippen LogP contribution in [-0.4, -0.2) is 32.7 Å². The molecule has 1 atom stereocenters. The van der Waals surface area contributed by atoms with E-state index in [2.05, 4.69) is 15.9 Å². The molecular formula is C18H16BrNO5S. The predicted molar refractivity (Wildman–Crippen MR) is 102 cm³/mol. The van der Waals surface area contributed by atoms with Gasteiger partial charge in [-0.2, -0.15) is 0 Å². The van der Waals surface area contributed by atoms with Crippen molar-refractivity contribution in [2.75, 3.05) is 31.7 Å². The summed E-state index contributed by atoms with van der Waals surface area (Å²) in [5.74, 6) is 3.05. The third kappa shape index (κ3) is 2.87. The van der Waals surface area contributed by atoms with Crippen LogP contribution in [0.3, 0.4) is 0 Å². The van der Waals surface area contributed by atoms with Gasteiger partial charge in [-0.3, -0.25) is 9.69 Å². The Hall–Kier alpha value is -2.06. The number of rotatable bonds is 4. The average Bonchev–Trinajstić information content (AvgIpc) is 3.26. The Labute approximate surface area is 163 Å². The summed E-state index contributed by atoms with van der Waals surface area (Å²) in [5.41, 5.74) is 1.65. The summed E-state index contributed by atoms with van der Waals surface area (Å²) in [6.07, 6.45) is 0. The maximum Gasteiger partial charge on any atom is 0.238 e. The summed E-state index contributed by atoms with van der Waals surface area (Å²) in [6.45, 7) is 0.206. The van der Waals surface area contributed by atoms with Gasteiger partial charge in [0.05, 0.1) is 25.7 Å². The van der Waals surface area contributed by atoms with E-state index in [1.165, 1.54) is 0 Å². The zero-order valence-corrected chi connectivity index (χ0v) is 16.6. The highest BCUT2D eigenvalue weighted by molar-refractivity contribution is 9.10. The Bertz CT molecular complexity index is 875. The third-order valence-electron chi connectivity index (χ3n) is 4.27. The van der Waals surface area contributed by atoms with E-state index in [1.807, 2.05) is 24.3 Å². The molecule has 0 aromatic heterocycles. The van der Waals surface area contributed by atoms with E-state index in [1.54, 1.807) is 36.9 Å². The van der Waals surface area contributed by atoms with Crippen LogP contribution in [0.4, 0.5) is 5.69 Å². The van der Waals surface area contributed by atoms with Crippen molar-refractivity contribution in [2.24, 2.45) is 0 Å². The largest absolute Gasteiger partial charge is 0.497 e. The second kappa shape index (κ2) is 6.92. The van der Waals surface area contributed by atoms with Crippen LogP contribution in [0, 0.1) is 0 Å². The predicted octanol–water partition coefficient (Wildman–Crippen LogP) is 3.97. The van der Waals surface area contributed by atoms with Crippen molar-refractivity contribution in [3.05, 3.63) is 40.4 Å². The first kappa shape index (κ1) is 17.4. The van der Waals surface area contributed by atoms with Crippen LogP contribution >= 0.6 is 27.7 Å². The zero-order chi connectivity index (χ0) is 18.3. The Morgan fingerprint density at radius 3 is 2.65 bits per heavy atom. The minimum atomic E-state index is -0.200. The van der Waals surface area contributed by atoms with E-state index in [0.29, 0.717) is 34.4 Å². The van der Waals surface area contributed by atoms with Gasteiger partial charge in [-0.15, -0.1) is 11.8 Å². The van der Waals surface area contributed by atoms with Crippen molar-refractivity contribution in [3.63, 3.8) is 0 Å². The minimum Gasteiger partial charge on any atom is -0.497 e. The lowest BCUT2D eigenvalue weighted by Crippen LogP contribution is -2.28. The van der Waals surface area contributed by atoms with Crippen molar-refractivity contribution >= 4 is 39.3 Å². The number of carbonyl (C=O) groups is 1. The molecule has 2 aromatic carbocycles. The average molecular weight is 438 g/mol. The van der Waals surface area contributed by atoms with Gasteiger partial charge in [0.1, 0.15) is 16.9 Å². The zero-order valence-electron chi connectivity index (χ0n) is 14.2. The lowest BCUT2D eigenvalue weighted by Gasteiger charge is -2.27. The standard InChI is InChI=1S/C18H16BrNO5S/c1-22-10-3-4-13(14(5-10)23-2)20-17(21)8-26-18(20)11-6-15-16(7-12(11)19)25-9-24-15/h3-7,18H,8-9H2,1-2H3. The van der Waals surface area contributed by atoms with Gasteiger partial charge in [-0.1, -0.05) is 15.9 Å². The maximum atomic E-state index is 12.7. The molecule has 4 rings (SSSR count). The molecule has 2 aliphatic rings. The SMILES string of the molecule is COc1ccc(N2C(=O)CSC2c2cc3c(cc2Br)OCO3)c(OC)c1. The molecule has 0 radical (unpaired) electrons. The first-order valence-electron chi connectivity index (χ1n) is 7.87. The summed E-state index contributed by atoms with van der Waals surface area (Å²) < 4.78 is 22.5. The minimum absolute atomic E-state index is 0.0213. The number of halogens is 1. The van der Waals surface area contributed by atoms with Crippen molar-refractivity contribution in [1.82, 2.24) is 0 Å². The Balaban J connectivity index is 1.78. The first-order valence-corrected chi connectivity index (χ1v) is 9.71. The van der Waals surface area contributed by atoms with Crippen molar-refractivity contribution in [3.8, 4) is 23.0 Å². The molecule has 2 aromatic rings. The Morgan fingerprint density at radius 2 is 1.92 bits per heavy atom. The van der Waals surface area contributed by atoms with Gasteiger partial charge in [0.2, 0.25) is 12.7 Å². The van der Waals surface area contributed by atoms with E-state index in [0.717, 1.165) is 10.0 Å². The monoisotopic (exact) mass is 437 g/mol. The molecule has 0 aliphatic carbocycles. The van der Waals surface area contributed by atoms with Crippen LogP contribution in [0.15, 0.2) is 34.8 Å². The van der Waals surface area contributed by atoms with Gasteiger partial charge in [-0.05, 0) is 24.3 Å². The number of amides is 1. The number of fused-ring (bicyclic) bond motifs is 1. The van der Waals surface area contributed by atoms with Crippen LogP contribution in [0.5, 0.6) is 23.0 Å². The normalized spacial score (nSPS) is 18.3. The molecule has 0 bridgehead atoms. The van der Waals surface area contributed by atoms with E-state index < -0.39 is 0 Å². The number of hydrogen-bond acceptors (Lipinski definition) is 6. The van der Waals surface area contributed by atoms with Gasteiger partial charge >= 0.3 is 0 Å². The lowest BCUT2D eigenvalue weighted by molar-refractivity contribution is -0.115. The number of benzene rings is 2. The summed E-state index contributed by atoms with van der Waals surface area (Å²) in [4.78, 5) is 14.4. The molecule has 1 amide bonds. The second-order valence-corrected chi connectivity index (χ2v) is 7.61. The number of hydrogen-bond donors (Lipinski definition) is 0. The summed E-state index contributed by atoms with van der Waals surface area (Å²) in [7, 11) is 3.18. The number of methoxy groups -OCH3 is 2. The molecular weight excluding hydrogens is 422 g/mol. The van der Waals surface area contributed by atoms with Gasteiger partial charge < -0.3 is 18.9 Å². The fraction of sp³-hybridized carbons (Fsp3) is 0.278. The van der Waals surface area contributed by atoms with Crippen LogP contribution < -0.4 is 23.8 Å². The van der Waals surface area contributed by atoms with Crippen LogP contribution in [-0.2, 0) is 4.79 Å². The van der Waals surface area contributed by atoms with E-state index >= 15 is 0 Å². The van der Waals surface area contributed by atoms with Gasteiger partial charge in [0.25, 0.3) is 0 Å². The highest BCUT2D eigenvalue weighted by Gasteiger charge is 2.37. The third-order valence-corrected chi connectivity index (χ3v) is 6.15. The molecule has 1 fully saturated rings. The summed E-state index contributed by atoms with van der Waals surface area (Å²) >= 11 is 5.16. The summed E-state index contributed by atoms with van der Waals surface area (Å²) in [6, 6.07) is 9.24. The number of ether oxygens (including phenoxy) is 4. The molecule has 2 aliphatic heterocycles. The molecule has 2 heterocycles. The van der Waals surface area contributed by atoms with Crippen molar-refractivity contribution < 1.29 is 23.7 Å². The first-order chi connectivity index (χ1) is 12.6. The van der Waals surface area contributed by atoms with Gasteiger partial charge in [0.15, 0.2) is 11.5 Å². The smallest absolute Gasteiger partial charge is 0.238 e. The van der Waals surface area contributed by atoms with Crippen molar-refractivity contribution in [1.29, 1.82) is 0 Å².